The zero-order valence-corrected chi connectivity index (χ0v) is 10.9. The van der Waals surface area contributed by atoms with Gasteiger partial charge >= 0.3 is 5.69 Å². The van der Waals surface area contributed by atoms with E-state index >= 15 is 0 Å². The number of rotatable bonds is 5. The van der Waals surface area contributed by atoms with Crippen molar-refractivity contribution in [2.45, 2.75) is 0 Å². The molecule has 0 aliphatic carbocycles. The third-order valence-electron chi connectivity index (χ3n) is 2.57. The fraction of sp³-hybridized carbons (Fsp3) is 0. The standard InChI is InChI=1S/C14H7N3O5/c18-8-15-11-6-7-12(22-10-4-2-1-3-5-10)14(17(20)21)13(11)16-9-19/h1-7H. The molecule has 0 aliphatic heterocycles. The van der Waals surface area contributed by atoms with Crippen LogP contribution in [-0.2, 0) is 9.59 Å². The highest BCUT2D eigenvalue weighted by Gasteiger charge is 2.25. The first-order chi connectivity index (χ1) is 10.7. The van der Waals surface area contributed by atoms with Crippen LogP contribution in [0, 0.1) is 10.1 Å². The Morgan fingerprint density at radius 2 is 1.68 bits per heavy atom. The maximum absolute atomic E-state index is 11.3. The summed E-state index contributed by atoms with van der Waals surface area (Å²) in [6.07, 6.45) is 2.43. The van der Waals surface area contributed by atoms with E-state index in [1.165, 1.54) is 24.3 Å². The van der Waals surface area contributed by atoms with Crippen molar-refractivity contribution in [3.05, 3.63) is 52.6 Å². The molecular formula is C14H7N3O5. The van der Waals surface area contributed by atoms with E-state index in [2.05, 4.69) is 9.98 Å². The first-order valence-electron chi connectivity index (χ1n) is 5.87. The fourth-order valence-electron chi connectivity index (χ4n) is 1.72. The molecule has 0 unspecified atom stereocenters. The number of benzene rings is 2. The zero-order chi connectivity index (χ0) is 15.9. The topological polar surface area (TPSA) is 111 Å². The molecule has 8 nitrogen and oxygen atoms in total. The lowest BCUT2D eigenvalue weighted by atomic mass is 10.2. The van der Waals surface area contributed by atoms with E-state index in [9.17, 15) is 19.7 Å². The van der Waals surface area contributed by atoms with Crippen molar-refractivity contribution in [1.82, 2.24) is 0 Å². The largest absolute Gasteiger partial charge is 0.450 e. The van der Waals surface area contributed by atoms with Gasteiger partial charge in [-0.1, -0.05) is 18.2 Å². The van der Waals surface area contributed by atoms with Crippen LogP contribution >= 0.6 is 0 Å². The second kappa shape index (κ2) is 6.71. The van der Waals surface area contributed by atoms with E-state index in [4.69, 9.17) is 4.74 Å². The summed E-state index contributed by atoms with van der Waals surface area (Å²) in [5, 5.41) is 11.3. The lowest BCUT2D eigenvalue weighted by Gasteiger charge is -2.08. The molecule has 0 radical (unpaired) electrons. The van der Waals surface area contributed by atoms with Gasteiger partial charge in [-0.15, -0.1) is 0 Å². The Kier molecular flexibility index (Phi) is 4.52. The molecule has 0 heterocycles. The van der Waals surface area contributed by atoms with Crippen molar-refractivity contribution in [1.29, 1.82) is 0 Å². The van der Waals surface area contributed by atoms with Gasteiger partial charge in [0.2, 0.25) is 17.9 Å². The van der Waals surface area contributed by atoms with Gasteiger partial charge in [-0.25, -0.2) is 9.59 Å². The number of nitro groups is 1. The molecule has 2 aromatic rings. The third kappa shape index (κ3) is 3.10. The highest BCUT2D eigenvalue weighted by molar-refractivity contribution is 5.81. The summed E-state index contributed by atoms with van der Waals surface area (Å²) < 4.78 is 5.42. The van der Waals surface area contributed by atoms with Gasteiger partial charge < -0.3 is 4.74 Å². The average molecular weight is 297 g/mol. The number of isocyanates is 2. The fourth-order valence-corrected chi connectivity index (χ4v) is 1.72. The van der Waals surface area contributed by atoms with E-state index in [1.54, 1.807) is 30.3 Å². The molecular weight excluding hydrogens is 290 g/mol. The number of hydrogen-bond acceptors (Lipinski definition) is 7. The molecule has 22 heavy (non-hydrogen) atoms. The van der Waals surface area contributed by atoms with Crippen molar-refractivity contribution in [3.63, 3.8) is 0 Å². The van der Waals surface area contributed by atoms with Gasteiger partial charge in [-0.05, 0) is 24.3 Å². The molecule has 8 heteroatoms. The molecule has 0 amide bonds. The number of nitro benzene ring substituents is 1. The molecule has 0 saturated heterocycles. The van der Waals surface area contributed by atoms with E-state index in [0.29, 0.717) is 5.75 Å². The Bertz CT molecular complexity index is 807. The van der Waals surface area contributed by atoms with E-state index in [1.807, 2.05) is 0 Å². The Balaban J connectivity index is 2.64. The van der Waals surface area contributed by atoms with Crippen molar-refractivity contribution in [2.24, 2.45) is 9.98 Å². The third-order valence-corrected chi connectivity index (χ3v) is 2.57. The maximum atomic E-state index is 11.3. The molecule has 2 rings (SSSR count). The predicted molar refractivity (Wildman–Crippen MR) is 75.2 cm³/mol. The number of ether oxygens (including phenoxy) is 1. The van der Waals surface area contributed by atoms with Crippen LogP contribution in [0.5, 0.6) is 11.5 Å². The molecule has 0 bridgehead atoms. The van der Waals surface area contributed by atoms with Crippen LogP contribution in [0.2, 0.25) is 0 Å². The Labute approximate surface area is 123 Å². The molecule has 108 valence electrons. The summed E-state index contributed by atoms with van der Waals surface area (Å²) in [5.74, 6) is 0.216. The quantitative estimate of drug-likeness (QED) is 0.363. The summed E-state index contributed by atoms with van der Waals surface area (Å²) in [6, 6.07) is 10.9. The average Bonchev–Trinajstić information content (AvgIpc) is 2.51. The molecule has 0 saturated carbocycles. The number of aliphatic imine (C=N–C) groups is 2. The van der Waals surface area contributed by atoms with Crippen LogP contribution in [0.3, 0.4) is 0 Å². The molecule has 0 aliphatic rings. The Morgan fingerprint density at radius 3 is 2.27 bits per heavy atom. The minimum absolute atomic E-state index is 0.143. The highest BCUT2D eigenvalue weighted by atomic mass is 16.6. The van der Waals surface area contributed by atoms with Crippen LogP contribution < -0.4 is 4.74 Å². The lowest BCUT2D eigenvalue weighted by molar-refractivity contribution is -0.384. The summed E-state index contributed by atoms with van der Waals surface area (Å²) in [7, 11) is 0. The van der Waals surface area contributed by atoms with Crippen molar-refractivity contribution in [2.75, 3.05) is 0 Å². The number of nitrogens with zero attached hydrogens (tertiary/aromatic N) is 3. The normalized spacial score (nSPS) is 9.27. The lowest BCUT2D eigenvalue weighted by Crippen LogP contribution is -1.94. The molecule has 0 atom stereocenters. The van der Waals surface area contributed by atoms with Crippen LogP contribution in [0.1, 0.15) is 0 Å². The molecule has 0 spiro atoms. The first kappa shape index (κ1) is 14.8. The van der Waals surface area contributed by atoms with Gasteiger partial charge in [-0.3, -0.25) is 10.1 Å². The molecule has 2 aromatic carbocycles. The molecule has 0 fully saturated rings. The van der Waals surface area contributed by atoms with Crippen molar-refractivity contribution >= 4 is 29.2 Å². The summed E-state index contributed by atoms with van der Waals surface area (Å²) in [6.45, 7) is 0. The van der Waals surface area contributed by atoms with E-state index in [-0.39, 0.29) is 11.4 Å². The maximum Gasteiger partial charge on any atom is 0.340 e. The van der Waals surface area contributed by atoms with Crippen molar-refractivity contribution in [3.8, 4) is 11.5 Å². The summed E-state index contributed by atoms with van der Waals surface area (Å²) in [4.78, 5) is 37.8. The van der Waals surface area contributed by atoms with Crippen LogP contribution in [0.15, 0.2) is 52.4 Å². The van der Waals surface area contributed by atoms with Gasteiger partial charge in [0.15, 0.2) is 5.69 Å². The van der Waals surface area contributed by atoms with E-state index < -0.39 is 16.3 Å². The zero-order valence-electron chi connectivity index (χ0n) is 10.9. The Morgan fingerprint density at radius 1 is 1.00 bits per heavy atom. The second-order valence-corrected chi connectivity index (χ2v) is 3.86. The van der Waals surface area contributed by atoms with Crippen molar-refractivity contribution < 1.29 is 19.2 Å². The minimum atomic E-state index is -0.779. The predicted octanol–water partition coefficient (Wildman–Crippen LogP) is 3.32. The van der Waals surface area contributed by atoms with Gasteiger partial charge in [0.05, 0.1) is 4.92 Å². The van der Waals surface area contributed by atoms with Gasteiger partial charge in [0, 0.05) is 0 Å². The molecule has 0 N–H and O–H groups in total. The highest BCUT2D eigenvalue weighted by Crippen LogP contribution is 2.44. The van der Waals surface area contributed by atoms with Crippen LogP contribution in [-0.4, -0.2) is 17.1 Å². The minimum Gasteiger partial charge on any atom is -0.450 e. The number of hydrogen-bond donors (Lipinski definition) is 0. The number of carbonyl (C=O) groups excluding carboxylic acids is 2. The van der Waals surface area contributed by atoms with Crippen LogP contribution in [0.25, 0.3) is 0 Å². The SMILES string of the molecule is O=C=Nc1ccc(Oc2ccccc2)c([N+](=O)[O-])c1N=C=O. The number of para-hydroxylation sites is 1. The summed E-state index contributed by atoms with van der Waals surface area (Å²) >= 11 is 0. The summed E-state index contributed by atoms with van der Waals surface area (Å²) in [5.41, 5.74) is -1.19. The molecule has 0 aromatic heterocycles. The van der Waals surface area contributed by atoms with Crippen LogP contribution in [0.4, 0.5) is 17.1 Å². The van der Waals surface area contributed by atoms with Gasteiger partial charge in [0.25, 0.3) is 0 Å². The van der Waals surface area contributed by atoms with Gasteiger partial charge in [-0.2, -0.15) is 9.98 Å². The monoisotopic (exact) mass is 297 g/mol. The second-order valence-electron chi connectivity index (χ2n) is 3.86. The Hall–Kier alpha value is -3.60. The van der Waals surface area contributed by atoms with E-state index in [0.717, 1.165) is 0 Å². The van der Waals surface area contributed by atoms with Gasteiger partial charge in [0.1, 0.15) is 11.4 Å². The smallest absolute Gasteiger partial charge is 0.340 e. The first-order valence-corrected chi connectivity index (χ1v) is 5.87.